The van der Waals surface area contributed by atoms with Crippen molar-refractivity contribution in [3.8, 4) is 62.1 Å². The molecule has 0 fully saturated rings. The molecular formula is C65H50N4O2. The van der Waals surface area contributed by atoms with Crippen LogP contribution in [0.4, 0.5) is 0 Å². The molecule has 0 aliphatic heterocycles. The normalized spacial score (nSPS) is 12.4. The van der Waals surface area contributed by atoms with Gasteiger partial charge in [-0.2, -0.15) is 0 Å². The first-order chi connectivity index (χ1) is 34.4. The van der Waals surface area contributed by atoms with Gasteiger partial charge in [-0.3, -0.25) is 0 Å². The maximum absolute atomic E-state index is 6.64. The van der Waals surface area contributed by atoms with Crippen LogP contribution >= 0.6 is 0 Å². The van der Waals surface area contributed by atoms with Crippen molar-refractivity contribution in [2.45, 2.75) is 52.4 Å². The summed E-state index contributed by atoms with van der Waals surface area (Å²) in [6, 6.07) is 68.8. The molecule has 0 saturated carbocycles. The van der Waals surface area contributed by atoms with Crippen LogP contribution in [0, 0.1) is 0 Å². The number of nitrogens with zero attached hydrogens (tertiary/aromatic N) is 4. The highest BCUT2D eigenvalue weighted by atomic mass is 16.3. The SMILES string of the molecule is CC(C)(C)c1ccc2c(c1)c1cc(C(C)(C)C)ccc1n2-c1c(-c2ccccc2)cc(-c2nc(-c3ccc4oc5ccccc5c4c3)nc(-c3cccc4c3oc3ccccc34)n2)cc1-c1ccccc1. The van der Waals surface area contributed by atoms with Gasteiger partial charge in [-0.15, -0.1) is 0 Å². The van der Waals surface area contributed by atoms with Gasteiger partial charge >= 0.3 is 0 Å². The molecule has 6 nitrogen and oxygen atoms in total. The van der Waals surface area contributed by atoms with E-state index >= 15 is 0 Å². The third-order valence-electron chi connectivity index (χ3n) is 14.2. The van der Waals surface area contributed by atoms with Crippen LogP contribution in [0.25, 0.3) is 128 Å². The van der Waals surface area contributed by atoms with Crippen molar-refractivity contribution in [1.82, 2.24) is 19.5 Å². The number of fused-ring (bicyclic) bond motifs is 9. The van der Waals surface area contributed by atoms with Crippen LogP contribution in [0.3, 0.4) is 0 Å². The van der Waals surface area contributed by atoms with E-state index in [1.54, 1.807) is 0 Å². The van der Waals surface area contributed by atoms with E-state index in [4.69, 9.17) is 23.8 Å². The number of aromatic nitrogens is 4. The lowest BCUT2D eigenvalue weighted by molar-refractivity contribution is 0.590. The Kier molecular flexibility index (Phi) is 9.56. The molecule has 13 aromatic rings. The predicted octanol–water partition coefficient (Wildman–Crippen LogP) is 17.7. The standard InChI is InChI=1S/C65H50N4O2/c1-64(2,3)43-29-31-54-51(37-43)52-38-44(65(4,5)6)30-32-55(52)69(54)59-49(39-18-9-7-10-19-39)35-42(36-50(59)40-20-11-8-12-21-40)62-66-61(41-28-33-58-53(34-41)46-23-14-15-26-56(46)70-58)67-63(68-62)48-25-17-24-47-45-22-13-16-27-57(45)71-60(47)48/h7-38H,1-6H3. The lowest BCUT2D eigenvalue weighted by Gasteiger charge is -2.22. The smallest absolute Gasteiger partial charge is 0.167 e. The first-order valence-corrected chi connectivity index (χ1v) is 24.4. The zero-order valence-electron chi connectivity index (χ0n) is 40.6. The van der Waals surface area contributed by atoms with Crippen molar-refractivity contribution in [3.63, 3.8) is 0 Å². The lowest BCUT2D eigenvalue weighted by atomic mass is 9.85. The summed E-state index contributed by atoms with van der Waals surface area (Å²) in [6.45, 7) is 13.8. The summed E-state index contributed by atoms with van der Waals surface area (Å²) < 4.78 is 15.4. The van der Waals surface area contributed by atoms with Gasteiger partial charge in [-0.1, -0.05) is 163 Å². The van der Waals surface area contributed by atoms with Crippen molar-refractivity contribution >= 4 is 65.7 Å². The van der Waals surface area contributed by atoms with Crippen LogP contribution in [-0.2, 0) is 10.8 Å². The summed E-state index contributed by atoms with van der Waals surface area (Å²) in [5.41, 5.74) is 15.8. The minimum Gasteiger partial charge on any atom is -0.456 e. The largest absolute Gasteiger partial charge is 0.456 e. The fourth-order valence-electron chi connectivity index (χ4n) is 10.4. The van der Waals surface area contributed by atoms with Gasteiger partial charge in [0.05, 0.1) is 22.3 Å². The Labute approximate surface area is 411 Å². The molecule has 9 aromatic carbocycles. The molecule has 0 atom stereocenters. The van der Waals surface area contributed by atoms with Crippen molar-refractivity contribution in [1.29, 1.82) is 0 Å². The molecule has 0 unspecified atom stereocenters. The fraction of sp³-hybridized carbons (Fsp3) is 0.123. The summed E-state index contributed by atoms with van der Waals surface area (Å²) in [5, 5.41) is 6.55. The lowest BCUT2D eigenvalue weighted by Crippen LogP contribution is -2.10. The average Bonchev–Trinajstić information content (AvgIpc) is 4.07. The van der Waals surface area contributed by atoms with E-state index in [2.05, 4.69) is 186 Å². The Morgan fingerprint density at radius 2 is 0.831 bits per heavy atom. The molecule has 0 bridgehead atoms. The van der Waals surface area contributed by atoms with E-state index in [0.29, 0.717) is 17.5 Å². The molecule has 0 N–H and O–H groups in total. The number of rotatable bonds is 6. The number of para-hydroxylation sites is 3. The summed E-state index contributed by atoms with van der Waals surface area (Å²) in [7, 11) is 0. The number of hydrogen-bond acceptors (Lipinski definition) is 5. The van der Waals surface area contributed by atoms with Gasteiger partial charge < -0.3 is 13.4 Å². The highest BCUT2D eigenvalue weighted by Crippen LogP contribution is 2.46. The Morgan fingerprint density at radius 3 is 1.42 bits per heavy atom. The van der Waals surface area contributed by atoms with Gasteiger partial charge in [0.1, 0.15) is 22.3 Å². The molecule has 0 saturated heterocycles. The van der Waals surface area contributed by atoms with Crippen LogP contribution in [0.1, 0.15) is 52.7 Å². The Hall–Kier alpha value is -8.61. The minimum absolute atomic E-state index is 0.0352. The average molecular weight is 919 g/mol. The maximum atomic E-state index is 6.64. The Balaban J connectivity index is 1.13. The summed E-state index contributed by atoms with van der Waals surface area (Å²) >= 11 is 0. The molecule has 6 heteroatoms. The van der Waals surface area contributed by atoms with Gasteiger partial charge in [0.15, 0.2) is 17.5 Å². The van der Waals surface area contributed by atoms with Crippen LogP contribution in [0.15, 0.2) is 203 Å². The zero-order chi connectivity index (χ0) is 48.2. The molecular weight excluding hydrogens is 869 g/mol. The van der Waals surface area contributed by atoms with Crippen molar-refractivity contribution in [2.24, 2.45) is 0 Å². The Morgan fingerprint density at radius 1 is 0.338 bits per heavy atom. The molecule has 0 amide bonds. The molecule has 4 aromatic heterocycles. The molecule has 71 heavy (non-hydrogen) atoms. The second kappa shape index (κ2) is 16.0. The van der Waals surface area contributed by atoms with E-state index in [-0.39, 0.29) is 10.8 Å². The zero-order valence-corrected chi connectivity index (χ0v) is 40.6. The summed E-state index contributed by atoms with van der Waals surface area (Å²) in [4.78, 5) is 16.2. The second-order valence-electron chi connectivity index (χ2n) is 20.8. The molecule has 0 spiro atoms. The predicted molar refractivity (Wildman–Crippen MR) is 293 cm³/mol. The highest BCUT2D eigenvalue weighted by molar-refractivity contribution is 6.12. The maximum Gasteiger partial charge on any atom is 0.167 e. The molecule has 342 valence electrons. The monoisotopic (exact) mass is 918 g/mol. The van der Waals surface area contributed by atoms with E-state index in [9.17, 15) is 0 Å². The molecule has 4 heterocycles. The van der Waals surface area contributed by atoms with Crippen molar-refractivity contribution < 1.29 is 8.83 Å². The van der Waals surface area contributed by atoms with Gasteiger partial charge in [0.2, 0.25) is 0 Å². The molecule has 13 rings (SSSR count). The van der Waals surface area contributed by atoms with Crippen molar-refractivity contribution in [3.05, 3.63) is 205 Å². The summed E-state index contributed by atoms with van der Waals surface area (Å²) in [5.74, 6) is 1.61. The molecule has 0 aliphatic carbocycles. The number of hydrogen-bond donors (Lipinski definition) is 0. The van der Waals surface area contributed by atoms with Gasteiger partial charge in [0, 0.05) is 54.6 Å². The highest BCUT2D eigenvalue weighted by Gasteiger charge is 2.26. The third kappa shape index (κ3) is 7.12. The fourth-order valence-corrected chi connectivity index (χ4v) is 10.4. The number of benzene rings is 9. The Bertz CT molecular complexity index is 4110. The first-order valence-electron chi connectivity index (χ1n) is 24.4. The van der Waals surface area contributed by atoms with Crippen molar-refractivity contribution in [2.75, 3.05) is 0 Å². The van der Waals surface area contributed by atoms with E-state index in [1.807, 2.05) is 54.6 Å². The first kappa shape index (κ1) is 42.5. The molecule has 0 radical (unpaired) electrons. The van der Waals surface area contributed by atoms with Crippen LogP contribution in [0.2, 0.25) is 0 Å². The van der Waals surface area contributed by atoms with E-state index < -0.39 is 0 Å². The van der Waals surface area contributed by atoms with E-state index in [1.165, 1.54) is 21.9 Å². The topological polar surface area (TPSA) is 69.9 Å². The third-order valence-corrected chi connectivity index (χ3v) is 14.2. The van der Waals surface area contributed by atoms with E-state index in [0.717, 1.165) is 99.5 Å². The van der Waals surface area contributed by atoms with Gasteiger partial charge in [-0.05, 0) is 106 Å². The van der Waals surface area contributed by atoms with Gasteiger partial charge in [0.25, 0.3) is 0 Å². The summed E-state index contributed by atoms with van der Waals surface area (Å²) in [6.07, 6.45) is 0. The van der Waals surface area contributed by atoms with Crippen LogP contribution in [-0.4, -0.2) is 19.5 Å². The quantitative estimate of drug-likeness (QED) is 0.166. The second-order valence-corrected chi connectivity index (χ2v) is 20.8. The minimum atomic E-state index is -0.0352. The number of furan rings is 2. The van der Waals surface area contributed by atoms with Gasteiger partial charge in [-0.25, -0.2) is 15.0 Å². The van der Waals surface area contributed by atoms with Crippen LogP contribution < -0.4 is 0 Å². The molecule has 0 aliphatic rings. The van der Waals surface area contributed by atoms with Crippen LogP contribution in [0.5, 0.6) is 0 Å².